The number of carbonyl (C=O) groups is 1. The van der Waals surface area contributed by atoms with E-state index in [-0.39, 0.29) is 5.91 Å². The molecule has 0 saturated carbocycles. The molecule has 6 heteroatoms. The smallest absolute Gasteiger partial charge is 0.242 e. The van der Waals surface area contributed by atoms with E-state index in [4.69, 9.17) is 5.73 Å². The summed E-state index contributed by atoms with van der Waals surface area (Å²) in [6.07, 6.45) is 3.60. The third-order valence-corrected chi connectivity index (χ3v) is 4.92. The Hall–Kier alpha value is -1.24. The quantitative estimate of drug-likeness (QED) is 0.772. The summed E-state index contributed by atoms with van der Waals surface area (Å²) in [5.74, 6) is 0.254. The number of amides is 1. The second kappa shape index (κ2) is 8.41. The van der Waals surface area contributed by atoms with Crippen LogP contribution in [0.5, 0.6) is 0 Å². The van der Waals surface area contributed by atoms with E-state index in [1.54, 1.807) is 12.3 Å². The van der Waals surface area contributed by atoms with E-state index >= 15 is 0 Å². The van der Waals surface area contributed by atoms with Crippen molar-refractivity contribution in [2.24, 2.45) is 11.7 Å². The molecule has 0 saturated heterocycles. The molecule has 1 aromatic carbocycles. The molecule has 0 aliphatic heterocycles. The van der Waals surface area contributed by atoms with E-state index < -0.39 is 6.04 Å². The van der Waals surface area contributed by atoms with Gasteiger partial charge in [0.1, 0.15) is 6.04 Å². The predicted octanol–water partition coefficient (Wildman–Crippen LogP) is 3.29. The molecule has 0 aliphatic rings. The first-order valence-corrected chi connectivity index (χ1v) is 8.85. The highest BCUT2D eigenvalue weighted by atomic mass is 79.9. The van der Waals surface area contributed by atoms with E-state index in [2.05, 4.69) is 44.7 Å². The fourth-order valence-corrected chi connectivity index (χ4v) is 3.26. The molecule has 2 rings (SSSR count). The number of nitrogens with two attached hydrogens (primary N) is 1. The van der Waals surface area contributed by atoms with Crippen LogP contribution in [0.1, 0.15) is 29.8 Å². The zero-order valence-corrected chi connectivity index (χ0v) is 14.9. The maximum Gasteiger partial charge on any atom is 0.242 e. The molecule has 0 fully saturated rings. The monoisotopic (exact) mass is 381 g/mol. The number of benzene rings is 1. The van der Waals surface area contributed by atoms with Gasteiger partial charge in [-0.05, 0) is 47.6 Å². The lowest BCUT2D eigenvalue weighted by Crippen LogP contribution is -2.37. The lowest BCUT2D eigenvalue weighted by Gasteiger charge is -2.17. The van der Waals surface area contributed by atoms with Gasteiger partial charge in [0.25, 0.3) is 0 Å². The molecule has 4 nitrogen and oxygen atoms in total. The molecule has 3 N–H and O–H groups in total. The average Bonchev–Trinajstić information content (AvgIpc) is 3.04. The number of aromatic nitrogens is 1. The van der Waals surface area contributed by atoms with Crippen molar-refractivity contribution in [3.63, 3.8) is 0 Å². The van der Waals surface area contributed by atoms with E-state index in [9.17, 15) is 4.79 Å². The normalized spacial score (nSPS) is 13.6. The second-order valence-corrected chi connectivity index (χ2v) is 7.03. The fraction of sp³-hybridized carbons (Fsp3) is 0.375. The van der Waals surface area contributed by atoms with Gasteiger partial charge in [0, 0.05) is 17.2 Å². The van der Waals surface area contributed by atoms with Crippen molar-refractivity contribution in [3.8, 4) is 0 Å². The Bertz CT molecular complexity index is 603. The Labute approximate surface area is 143 Å². The van der Waals surface area contributed by atoms with Gasteiger partial charge in [-0.1, -0.05) is 41.4 Å². The molecule has 2 atom stereocenters. The highest BCUT2D eigenvalue weighted by Crippen LogP contribution is 2.17. The number of nitrogens with one attached hydrogen (secondary N) is 1. The Morgan fingerprint density at radius 1 is 1.45 bits per heavy atom. The third-order valence-electron chi connectivity index (χ3n) is 3.60. The standard InChI is InChI=1S/C16H20BrN3OS/c1-2-11(8-12-4-3-5-13(17)9-12)10-19-16(21)15(18)14-6-7-20-22-14/h3-7,9,11,15H,2,8,10,18H2,1H3,(H,19,21). The first kappa shape index (κ1) is 17.1. The van der Waals surface area contributed by atoms with Gasteiger partial charge < -0.3 is 11.1 Å². The predicted molar refractivity (Wildman–Crippen MR) is 93.7 cm³/mol. The highest BCUT2D eigenvalue weighted by molar-refractivity contribution is 9.10. The summed E-state index contributed by atoms with van der Waals surface area (Å²) in [5.41, 5.74) is 7.20. The Morgan fingerprint density at radius 2 is 2.27 bits per heavy atom. The molecule has 0 bridgehead atoms. The molecule has 1 heterocycles. The number of nitrogens with zero attached hydrogens (tertiary/aromatic N) is 1. The summed E-state index contributed by atoms with van der Waals surface area (Å²) in [4.78, 5) is 12.9. The van der Waals surface area contributed by atoms with E-state index in [1.165, 1.54) is 17.1 Å². The summed E-state index contributed by atoms with van der Waals surface area (Å²) in [6.45, 7) is 2.77. The minimum Gasteiger partial charge on any atom is -0.354 e. The number of hydrogen-bond acceptors (Lipinski definition) is 4. The first-order chi connectivity index (χ1) is 10.6. The van der Waals surface area contributed by atoms with Crippen LogP contribution < -0.4 is 11.1 Å². The molecule has 1 amide bonds. The maximum absolute atomic E-state index is 12.1. The van der Waals surface area contributed by atoms with Gasteiger partial charge in [0.2, 0.25) is 5.91 Å². The van der Waals surface area contributed by atoms with Gasteiger partial charge >= 0.3 is 0 Å². The van der Waals surface area contributed by atoms with Gasteiger partial charge in [0.15, 0.2) is 0 Å². The summed E-state index contributed by atoms with van der Waals surface area (Å²) < 4.78 is 5.06. The molecular weight excluding hydrogens is 362 g/mol. The van der Waals surface area contributed by atoms with E-state index in [1.807, 2.05) is 12.1 Å². The minimum atomic E-state index is -0.629. The van der Waals surface area contributed by atoms with E-state index in [0.717, 1.165) is 22.2 Å². The molecule has 0 radical (unpaired) electrons. The second-order valence-electron chi connectivity index (χ2n) is 5.25. The van der Waals surface area contributed by atoms with Crippen LogP contribution in [-0.2, 0) is 11.2 Å². The molecule has 0 aliphatic carbocycles. The maximum atomic E-state index is 12.1. The molecular formula is C16H20BrN3OS. The van der Waals surface area contributed by atoms with Crippen molar-refractivity contribution in [2.75, 3.05) is 6.54 Å². The minimum absolute atomic E-state index is 0.142. The molecule has 1 aromatic heterocycles. The zero-order chi connectivity index (χ0) is 15.9. The summed E-state index contributed by atoms with van der Waals surface area (Å²) in [7, 11) is 0. The van der Waals surface area contributed by atoms with Crippen molar-refractivity contribution < 1.29 is 4.79 Å². The van der Waals surface area contributed by atoms with E-state index in [0.29, 0.717) is 12.5 Å². The fourth-order valence-electron chi connectivity index (χ4n) is 2.23. The van der Waals surface area contributed by atoms with Gasteiger partial charge in [-0.2, -0.15) is 0 Å². The van der Waals surface area contributed by atoms with Crippen molar-refractivity contribution >= 4 is 33.4 Å². The lowest BCUT2D eigenvalue weighted by molar-refractivity contribution is -0.122. The van der Waals surface area contributed by atoms with Crippen LogP contribution in [0.4, 0.5) is 0 Å². The third kappa shape index (κ3) is 4.90. The Balaban J connectivity index is 1.87. The van der Waals surface area contributed by atoms with Gasteiger partial charge in [-0.25, -0.2) is 4.37 Å². The molecule has 0 spiro atoms. The Morgan fingerprint density at radius 3 is 2.91 bits per heavy atom. The first-order valence-electron chi connectivity index (χ1n) is 7.28. The van der Waals surface area contributed by atoms with Crippen LogP contribution in [0.3, 0.4) is 0 Å². The topological polar surface area (TPSA) is 68.0 Å². The molecule has 118 valence electrons. The van der Waals surface area contributed by atoms with Crippen LogP contribution in [-0.4, -0.2) is 16.8 Å². The van der Waals surface area contributed by atoms with Crippen LogP contribution in [0.25, 0.3) is 0 Å². The summed E-state index contributed by atoms with van der Waals surface area (Å²) in [5, 5.41) is 2.96. The number of hydrogen-bond donors (Lipinski definition) is 2. The van der Waals surface area contributed by atoms with Gasteiger partial charge in [-0.15, -0.1) is 0 Å². The Kier molecular flexibility index (Phi) is 6.54. The average molecular weight is 382 g/mol. The lowest BCUT2D eigenvalue weighted by atomic mass is 9.97. The van der Waals surface area contributed by atoms with Crippen molar-refractivity contribution in [1.29, 1.82) is 0 Å². The molecule has 22 heavy (non-hydrogen) atoms. The van der Waals surface area contributed by atoms with Crippen molar-refractivity contribution in [3.05, 3.63) is 51.4 Å². The van der Waals surface area contributed by atoms with Crippen molar-refractivity contribution in [2.45, 2.75) is 25.8 Å². The summed E-state index contributed by atoms with van der Waals surface area (Å²) in [6, 6.07) is 9.43. The van der Waals surface area contributed by atoms with Crippen LogP contribution in [0, 0.1) is 5.92 Å². The molecule has 2 unspecified atom stereocenters. The van der Waals surface area contributed by atoms with Crippen LogP contribution >= 0.6 is 27.5 Å². The SMILES string of the molecule is CCC(CNC(=O)C(N)c1ccns1)Cc1cccc(Br)c1. The zero-order valence-electron chi connectivity index (χ0n) is 12.5. The number of carbonyl (C=O) groups excluding carboxylic acids is 1. The molecule has 2 aromatic rings. The highest BCUT2D eigenvalue weighted by Gasteiger charge is 2.18. The van der Waals surface area contributed by atoms with Gasteiger partial charge in [-0.3, -0.25) is 4.79 Å². The largest absolute Gasteiger partial charge is 0.354 e. The summed E-state index contributed by atoms with van der Waals surface area (Å²) >= 11 is 4.75. The number of rotatable bonds is 7. The van der Waals surface area contributed by atoms with Crippen LogP contribution in [0.15, 0.2) is 41.0 Å². The van der Waals surface area contributed by atoms with Gasteiger partial charge in [0.05, 0.1) is 4.88 Å². The van der Waals surface area contributed by atoms with Crippen molar-refractivity contribution in [1.82, 2.24) is 9.69 Å². The number of halogens is 1. The van der Waals surface area contributed by atoms with Crippen LogP contribution in [0.2, 0.25) is 0 Å².